The predicted molar refractivity (Wildman–Crippen MR) is 117 cm³/mol. The Bertz CT molecular complexity index is 901. The Balaban J connectivity index is 1.61. The number of benzene rings is 2. The lowest BCUT2D eigenvalue weighted by Gasteiger charge is -2.08. The average Bonchev–Trinajstić information content (AvgIpc) is 2.73. The normalized spacial score (nSPS) is 10.5. The zero-order chi connectivity index (χ0) is 21.9. The number of carbonyl (C=O) groups excluding carboxylic acids is 3. The molecule has 0 aliphatic heterocycles. The van der Waals surface area contributed by atoms with Gasteiger partial charge in [-0.25, -0.2) is 4.79 Å². The molecular formula is C22H25BrN2O5. The zero-order valence-electron chi connectivity index (χ0n) is 16.7. The number of rotatable bonds is 11. The summed E-state index contributed by atoms with van der Waals surface area (Å²) < 4.78 is 5.45. The van der Waals surface area contributed by atoms with Crippen LogP contribution in [0.15, 0.2) is 46.9 Å². The Hall–Kier alpha value is -2.71. The van der Waals surface area contributed by atoms with Gasteiger partial charge in [-0.05, 0) is 36.2 Å². The van der Waals surface area contributed by atoms with Crippen LogP contribution in [0.3, 0.4) is 0 Å². The SMILES string of the molecule is COC(=O)c1ccc(CCNC(=O)CCNCCC(=O)c2cccc(Br)c2)cc1O. The zero-order valence-corrected chi connectivity index (χ0v) is 18.3. The van der Waals surface area contributed by atoms with E-state index in [1.807, 2.05) is 12.1 Å². The molecule has 0 aliphatic rings. The van der Waals surface area contributed by atoms with Crippen LogP contribution in [-0.2, 0) is 16.0 Å². The lowest BCUT2D eigenvalue weighted by Crippen LogP contribution is -2.30. The van der Waals surface area contributed by atoms with E-state index in [9.17, 15) is 19.5 Å². The van der Waals surface area contributed by atoms with Gasteiger partial charge in [0.15, 0.2) is 5.78 Å². The highest BCUT2D eigenvalue weighted by Gasteiger charge is 2.11. The third-order valence-electron chi connectivity index (χ3n) is 4.41. The monoisotopic (exact) mass is 476 g/mol. The summed E-state index contributed by atoms with van der Waals surface area (Å²) in [7, 11) is 1.25. The van der Waals surface area contributed by atoms with Crippen molar-refractivity contribution >= 4 is 33.6 Å². The number of Topliss-reactive ketones (excluding diaryl/α,β-unsaturated/α-hetero) is 1. The average molecular weight is 477 g/mol. The number of ketones is 1. The molecule has 0 atom stereocenters. The second-order valence-electron chi connectivity index (χ2n) is 6.63. The van der Waals surface area contributed by atoms with E-state index < -0.39 is 5.97 Å². The molecule has 0 bridgehead atoms. The smallest absolute Gasteiger partial charge is 0.341 e. The molecule has 0 heterocycles. The first-order chi connectivity index (χ1) is 14.4. The summed E-state index contributed by atoms with van der Waals surface area (Å²) in [6, 6.07) is 12.0. The van der Waals surface area contributed by atoms with Gasteiger partial charge in [-0.3, -0.25) is 9.59 Å². The summed E-state index contributed by atoms with van der Waals surface area (Å²) in [6.45, 7) is 1.40. The molecule has 7 nitrogen and oxygen atoms in total. The van der Waals surface area contributed by atoms with Crippen molar-refractivity contribution in [3.8, 4) is 5.75 Å². The van der Waals surface area contributed by atoms with Crippen LogP contribution in [0.2, 0.25) is 0 Å². The largest absolute Gasteiger partial charge is 0.507 e. The summed E-state index contributed by atoms with van der Waals surface area (Å²) in [5.41, 5.74) is 1.56. The molecule has 30 heavy (non-hydrogen) atoms. The van der Waals surface area contributed by atoms with Crippen molar-refractivity contribution in [1.29, 1.82) is 0 Å². The Morgan fingerprint density at radius 2 is 1.80 bits per heavy atom. The van der Waals surface area contributed by atoms with Gasteiger partial charge in [0.2, 0.25) is 5.91 Å². The number of phenols is 1. The van der Waals surface area contributed by atoms with Crippen molar-refractivity contribution in [2.45, 2.75) is 19.3 Å². The van der Waals surface area contributed by atoms with Crippen LogP contribution in [0.1, 0.15) is 39.1 Å². The van der Waals surface area contributed by atoms with Crippen LogP contribution >= 0.6 is 15.9 Å². The molecule has 160 valence electrons. The molecule has 0 saturated carbocycles. The number of hydrogen-bond donors (Lipinski definition) is 3. The van der Waals surface area contributed by atoms with Crippen molar-refractivity contribution in [3.05, 3.63) is 63.6 Å². The number of amides is 1. The minimum Gasteiger partial charge on any atom is -0.507 e. The molecule has 0 radical (unpaired) electrons. The summed E-state index contributed by atoms with van der Waals surface area (Å²) in [4.78, 5) is 35.4. The molecule has 1 amide bonds. The summed E-state index contributed by atoms with van der Waals surface area (Å²) in [5, 5.41) is 15.8. The number of nitrogens with one attached hydrogen (secondary N) is 2. The van der Waals surface area contributed by atoms with Crippen LogP contribution in [0, 0.1) is 0 Å². The van der Waals surface area contributed by atoms with Crippen molar-refractivity contribution < 1.29 is 24.2 Å². The van der Waals surface area contributed by atoms with Crippen LogP contribution in [-0.4, -0.2) is 49.5 Å². The molecule has 2 rings (SSSR count). The fourth-order valence-electron chi connectivity index (χ4n) is 2.79. The Kier molecular flexibility index (Phi) is 9.50. The molecule has 0 spiro atoms. The molecule has 0 aliphatic carbocycles. The van der Waals surface area contributed by atoms with E-state index in [0.29, 0.717) is 44.5 Å². The number of phenolic OH excluding ortho intramolecular Hbond substituents is 1. The quantitative estimate of drug-likeness (QED) is 0.261. The molecular weight excluding hydrogens is 452 g/mol. The van der Waals surface area contributed by atoms with E-state index >= 15 is 0 Å². The third-order valence-corrected chi connectivity index (χ3v) is 4.90. The maximum absolute atomic E-state index is 12.1. The molecule has 2 aromatic carbocycles. The first-order valence-corrected chi connectivity index (χ1v) is 10.4. The number of aromatic hydroxyl groups is 1. The second kappa shape index (κ2) is 12.1. The topological polar surface area (TPSA) is 105 Å². The van der Waals surface area contributed by atoms with E-state index in [0.717, 1.165) is 10.0 Å². The molecule has 0 aromatic heterocycles. The molecule has 2 aromatic rings. The first-order valence-electron chi connectivity index (χ1n) is 9.57. The highest BCUT2D eigenvalue weighted by molar-refractivity contribution is 9.10. The van der Waals surface area contributed by atoms with Gasteiger partial charge in [0.05, 0.1) is 7.11 Å². The van der Waals surface area contributed by atoms with Gasteiger partial charge in [0.1, 0.15) is 11.3 Å². The Labute approximate surface area is 183 Å². The predicted octanol–water partition coefficient (Wildman–Crippen LogP) is 2.85. The maximum Gasteiger partial charge on any atom is 0.341 e. The van der Waals surface area contributed by atoms with Gasteiger partial charge in [-0.1, -0.05) is 34.1 Å². The van der Waals surface area contributed by atoms with Crippen LogP contribution in [0.4, 0.5) is 0 Å². The van der Waals surface area contributed by atoms with Gasteiger partial charge in [-0.2, -0.15) is 0 Å². The van der Waals surface area contributed by atoms with Crippen molar-refractivity contribution in [3.63, 3.8) is 0 Å². The van der Waals surface area contributed by atoms with Gasteiger partial charge >= 0.3 is 5.97 Å². The van der Waals surface area contributed by atoms with Gasteiger partial charge < -0.3 is 20.5 Å². The molecule has 0 unspecified atom stereocenters. The highest BCUT2D eigenvalue weighted by Crippen LogP contribution is 2.19. The Morgan fingerprint density at radius 3 is 2.50 bits per heavy atom. The summed E-state index contributed by atoms with van der Waals surface area (Å²) in [6.07, 6.45) is 1.19. The number of methoxy groups -OCH3 is 1. The number of halogens is 1. The molecule has 3 N–H and O–H groups in total. The molecule has 8 heteroatoms. The molecule has 0 fully saturated rings. The van der Waals surface area contributed by atoms with E-state index in [1.165, 1.54) is 19.2 Å². The van der Waals surface area contributed by atoms with Crippen LogP contribution in [0.5, 0.6) is 5.75 Å². The van der Waals surface area contributed by atoms with Crippen molar-refractivity contribution in [2.24, 2.45) is 0 Å². The van der Waals surface area contributed by atoms with E-state index in [-0.39, 0.29) is 23.0 Å². The number of ether oxygens (including phenoxy) is 1. The van der Waals surface area contributed by atoms with Gasteiger partial charge in [-0.15, -0.1) is 0 Å². The van der Waals surface area contributed by atoms with Crippen LogP contribution < -0.4 is 10.6 Å². The minimum absolute atomic E-state index is 0.0507. The maximum atomic E-state index is 12.1. The van der Waals surface area contributed by atoms with E-state index in [4.69, 9.17) is 0 Å². The van der Waals surface area contributed by atoms with Crippen molar-refractivity contribution in [2.75, 3.05) is 26.7 Å². The van der Waals surface area contributed by atoms with Gasteiger partial charge in [0, 0.05) is 42.5 Å². The summed E-state index contributed by atoms with van der Waals surface area (Å²) in [5.74, 6) is -0.795. The molecule has 0 saturated heterocycles. The first kappa shape index (κ1) is 23.6. The van der Waals surface area contributed by atoms with Crippen LogP contribution in [0.25, 0.3) is 0 Å². The van der Waals surface area contributed by atoms with Crippen molar-refractivity contribution in [1.82, 2.24) is 10.6 Å². The number of hydrogen-bond acceptors (Lipinski definition) is 6. The lowest BCUT2D eigenvalue weighted by molar-refractivity contribution is -0.120. The second-order valence-corrected chi connectivity index (χ2v) is 7.54. The standard InChI is InChI=1S/C22H25BrN2O5/c1-30-22(29)18-6-5-15(13-20(18)27)7-12-25-21(28)9-11-24-10-8-19(26)16-3-2-4-17(23)14-16/h2-6,13-14,24,27H,7-12H2,1H3,(H,25,28). The number of carbonyl (C=O) groups is 3. The third kappa shape index (κ3) is 7.61. The van der Waals surface area contributed by atoms with Gasteiger partial charge in [0.25, 0.3) is 0 Å². The lowest BCUT2D eigenvalue weighted by atomic mass is 10.1. The van der Waals surface area contributed by atoms with E-state index in [1.54, 1.807) is 18.2 Å². The fraction of sp³-hybridized carbons (Fsp3) is 0.318. The van der Waals surface area contributed by atoms with E-state index in [2.05, 4.69) is 31.3 Å². The highest BCUT2D eigenvalue weighted by atomic mass is 79.9. The minimum atomic E-state index is -0.599. The fourth-order valence-corrected chi connectivity index (χ4v) is 3.18. The Morgan fingerprint density at radius 1 is 1.03 bits per heavy atom. The number of esters is 1. The summed E-state index contributed by atoms with van der Waals surface area (Å²) >= 11 is 3.35.